The minimum absolute atomic E-state index is 0.221. The van der Waals surface area contributed by atoms with Crippen molar-refractivity contribution in [2.24, 2.45) is 0 Å². The molecule has 0 fully saturated rings. The third-order valence-corrected chi connectivity index (χ3v) is 4.22. The lowest BCUT2D eigenvalue weighted by Gasteiger charge is -2.39. The Kier molecular flexibility index (Phi) is 4.31. The number of hydrogen-bond donors (Lipinski definition) is 2. The Balaban J connectivity index is 2.02. The van der Waals surface area contributed by atoms with Crippen molar-refractivity contribution < 1.29 is 14.6 Å². The van der Waals surface area contributed by atoms with Crippen LogP contribution in [0, 0.1) is 0 Å². The summed E-state index contributed by atoms with van der Waals surface area (Å²) in [6.45, 7) is 5.87. The second kappa shape index (κ2) is 6.17. The Morgan fingerprint density at radius 3 is 2.36 bits per heavy atom. The van der Waals surface area contributed by atoms with Gasteiger partial charge in [0.1, 0.15) is 5.75 Å². The van der Waals surface area contributed by atoms with E-state index in [-0.39, 0.29) is 17.9 Å². The molecule has 132 valence electrons. The summed E-state index contributed by atoms with van der Waals surface area (Å²) in [5.74, 6) is 0.532. The highest BCUT2D eigenvalue weighted by Crippen LogP contribution is 2.39. The van der Waals surface area contributed by atoms with Crippen molar-refractivity contribution in [1.82, 2.24) is 10.4 Å². The quantitative estimate of drug-likeness (QED) is 0.898. The molecule has 0 saturated heterocycles. The number of carbonyl (C=O) groups is 1. The number of amides is 1. The van der Waals surface area contributed by atoms with E-state index in [9.17, 15) is 9.90 Å². The number of fused-ring (bicyclic) bond motifs is 1. The molecule has 2 aromatic carbocycles. The normalized spacial score (nSPS) is 19.9. The van der Waals surface area contributed by atoms with Gasteiger partial charge in [0.25, 0.3) is 5.91 Å². The monoisotopic (exact) mass is 340 g/mol. The Labute approximate surface area is 148 Å². The molecule has 0 spiro atoms. The molecule has 2 aromatic rings. The highest BCUT2D eigenvalue weighted by atomic mass is 16.5. The largest absolute Gasteiger partial charge is 0.497 e. The summed E-state index contributed by atoms with van der Waals surface area (Å²) in [6, 6.07) is 14.7. The van der Waals surface area contributed by atoms with Gasteiger partial charge in [-0.15, -0.1) is 0 Å². The number of ether oxygens (including phenoxy) is 1. The summed E-state index contributed by atoms with van der Waals surface area (Å²) in [5, 5.41) is 12.9. The van der Waals surface area contributed by atoms with Crippen molar-refractivity contribution in [2.45, 2.75) is 38.5 Å². The van der Waals surface area contributed by atoms with Gasteiger partial charge in [0.15, 0.2) is 5.72 Å². The third kappa shape index (κ3) is 3.25. The number of hydrazine groups is 1. The van der Waals surface area contributed by atoms with Crippen LogP contribution in [-0.2, 0) is 12.1 Å². The Morgan fingerprint density at radius 1 is 1.12 bits per heavy atom. The molecule has 1 unspecified atom stereocenters. The average Bonchev–Trinajstić information content (AvgIpc) is 2.77. The van der Waals surface area contributed by atoms with Gasteiger partial charge in [0.2, 0.25) is 0 Å². The maximum atomic E-state index is 12.9. The molecule has 0 radical (unpaired) electrons. The van der Waals surface area contributed by atoms with E-state index in [1.807, 2.05) is 57.2 Å². The minimum Gasteiger partial charge on any atom is -0.497 e. The zero-order valence-corrected chi connectivity index (χ0v) is 15.0. The van der Waals surface area contributed by atoms with Crippen LogP contribution in [-0.4, -0.2) is 28.7 Å². The zero-order chi connectivity index (χ0) is 18.2. The maximum absolute atomic E-state index is 12.9. The number of benzene rings is 2. The first kappa shape index (κ1) is 17.5. The summed E-state index contributed by atoms with van der Waals surface area (Å²) >= 11 is 0. The number of methoxy groups -OCH3 is 1. The average molecular weight is 340 g/mol. The molecule has 25 heavy (non-hydrogen) atoms. The molecule has 5 nitrogen and oxygen atoms in total. The van der Waals surface area contributed by atoms with Crippen molar-refractivity contribution in [2.75, 3.05) is 7.11 Å². The Bertz CT molecular complexity index is 780. The minimum atomic E-state index is -1.45. The van der Waals surface area contributed by atoms with E-state index >= 15 is 0 Å². The number of nitrogens with zero attached hydrogens (tertiary/aromatic N) is 1. The molecular formula is C20H24N2O3. The Hall–Kier alpha value is -2.37. The topological polar surface area (TPSA) is 61.8 Å². The van der Waals surface area contributed by atoms with Crippen LogP contribution in [0.2, 0.25) is 0 Å². The maximum Gasteiger partial charge on any atom is 0.271 e. The lowest BCUT2D eigenvalue weighted by Crippen LogP contribution is -2.58. The van der Waals surface area contributed by atoms with E-state index in [2.05, 4.69) is 5.43 Å². The molecule has 3 rings (SSSR count). The van der Waals surface area contributed by atoms with Gasteiger partial charge in [-0.05, 0) is 44.5 Å². The fourth-order valence-corrected chi connectivity index (χ4v) is 3.11. The van der Waals surface area contributed by atoms with Crippen LogP contribution in [0.25, 0.3) is 0 Å². The smallest absolute Gasteiger partial charge is 0.271 e. The van der Waals surface area contributed by atoms with Gasteiger partial charge in [-0.2, -0.15) is 0 Å². The summed E-state index contributed by atoms with van der Waals surface area (Å²) in [6.07, 6.45) is 0.281. The van der Waals surface area contributed by atoms with E-state index in [1.165, 1.54) is 5.01 Å². The van der Waals surface area contributed by atoms with E-state index in [4.69, 9.17) is 4.74 Å². The predicted octanol–water partition coefficient (Wildman–Crippen LogP) is 2.84. The van der Waals surface area contributed by atoms with Crippen LogP contribution in [0.3, 0.4) is 0 Å². The summed E-state index contributed by atoms with van der Waals surface area (Å²) in [5.41, 5.74) is 3.39. The van der Waals surface area contributed by atoms with Gasteiger partial charge >= 0.3 is 0 Å². The van der Waals surface area contributed by atoms with Crippen molar-refractivity contribution in [3.63, 3.8) is 0 Å². The van der Waals surface area contributed by atoms with Gasteiger partial charge < -0.3 is 9.84 Å². The van der Waals surface area contributed by atoms with Gasteiger partial charge in [0.05, 0.1) is 7.11 Å². The van der Waals surface area contributed by atoms with E-state index < -0.39 is 5.72 Å². The van der Waals surface area contributed by atoms with Gasteiger partial charge in [-0.3, -0.25) is 4.79 Å². The van der Waals surface area contributed by atoms with Crippen molar-refractivity contribution >= 4 is 5.91 Å². The summed E-state index contributed by atoms with van der Waals surface area (Å²) in [4.78, 5) is 12.9. The fraction of sp³-hybridized carbons (Fsp3) is 0.350. The second-order valence-corrected chi connectivity index (χ2v) is 7.39. The molecule has 0 bridgehead atoms. The van der Waals surface area contributed by atoms with Crippen LogP contribution >= 0.6 is 0 Å². The second-order valence-electron chi connectivity index (χ2n) is 7.39. The first-order valence-corrected chi connectivity index (χ1v) is 8.32. The molecular weight excluding hydrogens is 316 g/mol. The highest BCUT2D eigenvalue weighted by Gasteiger charge is 2.49. The lowest BCUT2D eigenvalue weighted by atomic mass is 9.94. The number of carbonyl (C=O) groups excluding carboxylic acids is 1. The summed E-state index contributed by atoms with van der Waals surface area (Å²) < 4.78 is 5.19. The standard InChI is InChI=1S/C20H24N2O3/c1-19(2,3)21-22-18(23)16-7-5-6-8-17(16)20(22,24)13-14-9-11-15(25-4)12-10-14/h5-12,21,24H,13H2,1-4H3. The van der Waals surface area contributed by atoms with Crippen LogP contribution in [0.5, 0.6) is 5.75 Å². The zero-order valence-electron chi connectivity index (χ0n) is 15.0. The van der Waals surface area contributed by atoms with Crippen LogP contribution in [0.15, 0.2) is 48.5 Å². The fourth-order valence-electron chi connectivity index (χ4n) is 3.11. The molecule has 1 aliphatic heterocycles. The first-order valence-electron chi connectivity index (χ1n) is 8.32. The lowest BCUT2D eigenvalue weighted by molar-refractivity contribution is -0.119. The molecule has 0 aliphatic carbocycles. The third-order valence-electron chi connectivity index (χ3n) is 4.22. The van der Waals surface area contributed by atoms with Crippen molar-refractivity contribution in [3.05, 3.63) is 65.2 Å². The molecule has 5 heteroatoms. The van der Waals surface area contributed by atoms with Crippen molar-refractivity contribution in [1.29, 1.82) is 0 Å². The predicted molar refractivity (Wildman–Crippen MR) is 96.1 cm³/mol. The highest BCUT2D eigenvalue weighted by molar-refractivity contribution is 5.99. The Morgan fingerprint density at radius 2 is 1.76 bits per heavy atom. The van der Waals surface area contributed by atoms with Crippen molar-refractivity contribution in [3.8, 4) is 5.75 Å². The molecule has 0 saturated carbocycles. The molecule has 2 N–H and O–H groups in total. The number of nitrogens with one attached hydrogen (secondary N) is 1. The molecule has 1 amide bonds. The van der Waals surface area contributed by atoms with E-state index in [0.717, 1.165) is 11.3 Å². The van der Waals surface area contributed by atoms with Crippen LogP contribution < -0.4 is 10.2 Å². The van der Waals surface area contributed by atoms with Crippen LogP contribution in [0.4, 0.5) is 0 Å². The van der Waals surface area contributed by atoms with Gasteiger partial charge in [-0.1, -0.05) is 30.3 Å². The number of aliphatic hydroxyl groups is 1. The first-order chi connectivity index (χ1) is 11.7. The van der Waals surface area contributed by atoms with Gasteiger partial charge in [-0.25, -0.2) is 10.4 Å². The molecule has 1 aliphatic rings. The van der Waals surface area contributed by atoms with Crippen LogP contribution in [0.1, 0.15) is 42.3 Å². The molecule has 0 aromatic heterocycles. The SMILES string of the molecule is COc1ccc(CC2(O)c3ccccc3C(=O)N2NC(C)(C)C)cc1. The number of rotatable bonds is 4. The van der Waals surface area contributed by atoms with Gasteiger partial charge in [0, 0.05) is 23.1 Å². The summed E-state index contributed by atoms with van der Waals surface area (Å²) in [7, 11) is 1.61. The molecule has 1 heterocycles. The number of hydrogen-bond acceptors (Lipinski definition) is 4. The van der Waals surface area contributed by atoms with E-state index in [1.54, 1.807) is 19.2 Å². The van der Waals surface area contributed by atoms with E-state index in [0.29, 0.717) is 11.1 Å². The molecule has 1 atom stereocenters.